The van der Waals surface area contributed by atoms with Gasteiger partial charge in [0.05, 0.1) is 27.5 Å². The molecular formula is C12H20N5+. The van der Waals surface area contributed by atoms with Crippen LogP contribution < -0.4 is 4.48 Å². The van der Waals surface area contributed by atoms with Gasteiger partial charge in [-0.15, -0.1) is 0 Å². The predicted octanol–water partition coefficient (Wildman–Crippen LogP) is 1.82. The van der Waals surface area contributed by atoms with E-state index in [9.17, 15) is 0 Å². The summed E-state index contributed by atoms with van der Waals surface area (Å²) in [5.74, 6) is 0.963. The van der Waals surface area contributed by atoms with Gasteiger partial charge in [0.25, 0.3) is 5.82 Å². The van der Waals surface area contributed by atoms with Crippen LogP contribution in [-0.2, 0) is 6.54 Å². The molecule has 2 heterocycles. The number of imidazole rings is 1. The molecule has 0 spiro atoms. The first-order valence-corrected chi connectivity index (χ1v) is 6.02. The Morgan fingerprint density at radius 3 is 2.59 bits per heavy atom. The van der Waals surface area contributed by atoms with Crippen LogP contribution in [0, 0.1) is 0 Å². The topological polar surface area (TPSA) is 43.6 Å². The quantitative estimate of drug-likeness (QED) is 0.758. The smallest absolute Gasteiger partial charge is 0.258 e. The SMILES string of the molecule is CCCCn1cnc2c([N+](C)(C)C)ncnc21. The Hall–Kier alpha value is -1.49. The second-order valence-electron chi connectivity index (χ2n) is 5.17. The van der Waals surface area contributed by atoms with Crippen molar-refractivity contribution in [3.05, 3.63) is 12.7 Å². The van der Waals surface area contributed by atoms with Crippen LogP contribution in [0.15, 0.2) is 12.7 Å². The number of quaternary nitrogens is 1. The third kappa shape index (κ3) is 2.29. The van der Waals surface area contributed by atoms with Crippen LogP contribution in [0.5, 0.6) is 0 Å². The minimum atomic E-state index is 0.657. The molecule has 0 amide bonds. The molecule has 5 heteroatoms. The Bertz CT molecular complexity index is 509. The largest absolute Gasteiger partial charge is 0.315 e. The molecule has 0 aliphatic carbocycles. The van der Waals surface area contributed by atoms with E-state index in [1.54, 1.807) is 6.33 Å². The maximum atomic E-state index is 4.46. The summed E-state index contributed by atoms with van der Waals surface area (Å²) in [7, 11) is 6.27. The van der Waals surface area contributed by atoms with Crippen molar-refractivity contribution >= 4 is 17.0 Å². The molecule has 0 unspecified atom stereocenters. The molecule has 0 atom stereocenters. The maximum Gasteiger partial charge on any atom is 0.258 e. The summed E-state index contributed by atoms with van der Waals surface area (Å²) in [4.78, 5) is 13.2. The summed E-state index contributed by atoms with van der Waals surface area (Å²) in [5, 5.41) is 0. The van der Waals surface area contributed by atoms with E-state index in [1.165, 1.54) is 6.42 Å². The van der Waals surface area contributed by atoms with E-state index < -0.39 is 0 Å². The van der Waals surface area contributed by atoms with Crippen molar-refractivity contribution in [2.45, 2.75) is 26.3 Å². The molecule has 5 nitrogen and oxygen atoms in total. The van der Waals surface area contributed by atoms with Gasteiger partial charge in [0.2, 0.25) is 0 Å². The number of hydrogen-bond acceptors (Lipinski definition) is 3. The lowest BCUT2D eigenvalue weighted by atomic mass is 10.3. The first kappa shape index (κ1) is 12.0. The van der Waals surface area contributed by atoms with E-state index in [2.05, 4.69) is 47.6 Å². The van der Waals surface area contributed by atoms with E-state index >= 15 is 0 Å². The van der Waals surface area contributed by atoms with Crippen molar-refractivity contribution in [2.75, 3.05) is 21.1 Å². The van der Waals surface area contributed by atoms with Gasteiger partial charge >= 0.3 is 0 Å². The molecule has 0 saturated heterocycles. The third-order valence-electron chi connectivity index (χ3n) is 2.77. The van der Waals surface area contributed by atoms with Gasteiger partial charge in [0.15, 0.2) is 11.2 Å². The van der Waals surface area contributed by atoms with Gasteiger partial charge in [-0.3, -0.25) is 4.48 Å². The molecule has 0 radical (unpaired) electrons. The van der Waals surface area contributed by atoms with Crippen molar-refractivity contribution < 1.29 is 0 Å². The number of aryl methyl sites for hydroxylation is 1. The number of aromatic nitrogens is 4. The fourth-order valence-corrected chi connectivity index (χ4v) is 1.85. The van der Waals surface area contributed by atoms with E-state index in [1.807, 2.05) is 6.33 Å². The fraction of sp³-hybridized carbons (Fsp3) is 0.583. The van der Waals surface area contributed by atoms with Crippen LogP contribution in [0.1, 0.15) is 19.8 Å². The standard InChI is InChI=1S/C12H20N5/c1-5-6-7-16-9-15-10-11(16)13-8-14-12(10)17(2,3)4/h8-9H,5-7H2,1-4H3/q+1. The van der Waals surface area contributed by atoms with Gasteiger partial charge in [0, 0.05) is 6.54 Å². The van der Waals surface area contributed by atoms with E-state index in [0.29, 0.717) is 4.48 Å². The number of fused-ring (bicyclic) bond motifs is 1. The molecule has 0 aliphatic rings. The molecule has 0 fully saturated rings. The number of rotatable bonds is 4. The normalized spacial score (nSPS) is 12.2. The second-order valence-corrected chi connectivity index (χ2v) is 5.17. The van der Waals surface area contributed by atoms with Crippen LogP contribution in [0.3, 0.4) is 0 Å². The molecule has 0 aromatic carbocycles. The Kier molecular flexibility index (Phi) is 3.11. The monoisotopic (exact) mass is 234 g/mol. The zero-order valence-corrected chi connectivity index (χ0v) is 11.0. The van der Waals surface area contributed by atoms with Gasteiger partial charge in [0.1, 0.15) is 6.33 Å². The molecule has 0 bridgehead atoms. The zero-order valence-electron chi connectivity index (χ0n) is 11.0. The average molecular weight is 234 g/mol. The third-order valence-corrected chi connectivity index (χ3v) is 2.77. The summed E-state index contributed by atoms with van der Waals surface area (Å²) in [6.45, 7) is 3.16. The molecule has 2 aromatic rings. The lowest BCUT2D eigenvalue weighted by molar-refractivity contribution is 0.476. The van der Waals surface area contributed by atoms with Gasteiger partial charge < -0.3 is 4.57 Å². The van der Waals surface area contributed by atoms with E-state index in [4.69, 9.17) is 0 Å². The second kappa shape index (κ2) is 4.41. The predicted molar refractivity (Wildman–Crippen MR) is 69.8 cm³/mol. The van der Waals surface area contributed by atoms with Crippen LogP contribution in [0.4, 0.5) is 5.82 Å². The van der Waals surface area contributed by atoms with Gasteiger partial charge in [-0.25, -0.2) is 9.97 Å². The molecule has 0 saturated carbocycles. The Morgan fingerprint density at radius 2 is 1.94 bits per heavy atom. The number of unbranched alkanes of at least 4 members (excludes halogenated alkanes) is 1. The fourth-order valence-electron chi connectivity index (χ4n) is 1.85. The highest BCUT2D eigenvalue weighted by atomic mass is 15.3. The van der Waals surface area contributed by atoms with E-state index in [0.717, 1.165) is 29.9 Å². The molecule has 92 valence electrons. The lowest BCUT2D eigenvalue weighted by Gasteiger charge is -2.21. The van der Waals surface area contributed by atoms with Crippen LogP contribution in [0.2, 0.25) is 0 Å². The lowest BCUT2D eigenvalue weighted by Crippen LogP contribution is -2.36. The Balaban J connectivity index is 2.49. The maximum absolute atomic E-state index is 4.46. The van der Waals surface area contributed by atoms with Crippen molar-refractivity contribution in [3.63, 3.8) is 0 Å². The number of hydrogen-bond donors (Lipinski definition) is 0. The summed E-state index contributed by atoms with van der Waals surface area (Å²) >= 11 is 0. The molecule has 2 rings (SSSR count). The first-order valence-electron chi connectivity index (χ1n) is 6.02. The van der Waals surface area contributed by atoms with Gasteiger partial charge in [-0.1, -0.05) is 13.3 Å². The number of nitrogens with zero attached hydrogens (tertiary/aromatic N) is 5. The zero-order chi connectivity index (χ0) is 12.5. The summed E-state index contributed by atoms with van der Waals surface area (Å²) in [5.41, 5.74) is 1.85. The highest BCUT2D eigenvalue weighted by molar-refractivity contribution is 5.81. The Morgan fingerprint density at radius 1 is 1.18 bits per heavy atom. The minimum absolute atomic E-state index is 0.657. The summed E-state index contributed by atoms with van der Waals surface area (Å²) in [6, 6.07) is 0. The molecule has 2 aromatic heterocycles. The van der Waals surface area contributed by atoms with Crippen molar-refractivity contribution in [3.8, 4) is 0 Å². The van der Waals surface area contributed by atoms with Gasteiger partial charge in [-0.2, -0.15) is 4.98 Å². The molecule has 17 heavy (non-hydrogen) atoms. The summed E-state index contributed by atoms with van der Waals surface area (Å²) in [6.07, 6.45) is 5.82. The first-order chi connectivity index (χ1) is 8.04. The minimum Gasteiger partial charge on any atom is -0.315 e. The summed E-state index contributed by atoms with van der Waals surface area (Å²) < 4.78 is 2.77. The van der Waals surface area contributed by atoms with Crippen molar-refractivity contribution in [1.82, 2.24) is 24.0 Å². The highest BCUT2D eigenvalue weighted by Gasteiger charge is 2.21. The van der Waals surface area contributed by atoms with Gasteiger partial charge in [-0.05, 0) is 6.42 Å². The van der Waals surface area contributed by atoms with Crippen molar-refractivity contribution in [1.29, 1.82) is 0 Å². The highest BCUT2D eigenvalue weighted by Crippen LogP contribution is 2.22. The van der Waals surface area contributed by atoms with Crippen LogP contribution in [-0.4, -0.2) is 40.7 Å². The molecular weight excluding hydrogens is 214 g/mol. The molecule has 0 aliphatic heterocycles. The average Bonchev–Trinajstić information content (AvgIpc) is 2.67. The van der Waals surface area contributed by atoms with E-state index in [-0.39, 0.29) is 0 Å². The van der Waals surface area contributed by atoms with Crippen molar-refractivity contribution in [2.24, 2.45) is 0 Å². The van der Waals surface area contributed by atoms with Crippen LogP contribution in [0.25, 0.3) is 11.2 Å². The molecule has 0 N–H and O–H groups in total. The Labute approximate surface area is 102 Å². The van der Waals surface area contributed by atoms with Crippen LogP contribution >= 0.6 is 0 Å².